The summed E-state index contributed by atoms with van der Waals surface area (Å²) in [6.07, 6.45) is 2.01. The molecule has 0 aliphatic carbocycles. The van der Waals surface area contributed by atoms with Crippen LogP contribution in [0.25, 0.3) is 0 Å². The van der Waals surface area contributed by atoms with Gasteiger partial charge in [0.05, 0.1) is 18.3 Å². The number of nitrogens with one attached hydrogen (secondary N) is 3. The van der Waals surface area contributed by atoms with Crippen LogP contribution < -0.4 is 20.7 Å². The van der Waals surface area contributed by atoms with E-state index in [1.807, 2.05) is 0 Å². The lowest BCUT2D eigenvalue weighted by Gasteiger charge is -2.11. The highest BCUT2D eigenvalue weighted by molar-refractivity contribution is 5.99. The lowest BCUT2D eigenvalue weighted by atomic mass is 10.2. The van der Waals surface area contributed by atoms with Crippen molar-refractivity contribution in [2.45, 2.75) is 0 Å². The van der Waals surface area contributed by atoms with Gasteiger partial charge in [-0.05, 0) is 48.4 Å². The highest BCUT2D eigenvalue weighted by atomic mass is 19.1. The number of hydrogen-bond donors (Lipinski definition) is 3. The molecule has 1 amide bonds. The van der Waals surface area contributed by atoms with E-state index < -0.39 is 35.9 Å². The molecule has 0 bridgehead atoms. The van der Waals surface area contributed by atoms with Gasteiger partial charge in [0.2, 0.25) is 11.9 Å². The van der Waals surface area contributed by atoms with Crippen molar-refractivity contribution in [2.75, 3.05) is 36.3 Å². The Bertz CT molecular complexity index is 1230. The summed E-state index contributed by atoms with van der Waals surface area (Å²) in [7, 11) is 1.47. The molecule has 0 radical (unpaired) electrons. The Hall–Kier alpha value is -3.98. The van der Waals surface area contributed by atoms with E-state index in [0.29, 0.717) is 11.4 Å². The molecule has 0 spiro atoms. The zero-order valence-electron chi connectivity index (χ0n) is 20.6. The molecule has 0 unspecified atom stereocenters. The number of anilines is 5. The monoisotopic (exact) mass is 427 g/mol. The maximum Gasteiger partial charge on any atom is 0.247 e. The summed E-state index contributed by atoms with van der Waals surface area (Å²) in [5.74, 6) is -1.79. The average molecular weight is 427 g/mol. The van der Waals surface area contributed by atoms with Gasteiger partial charge in [0.15, 0.2) is 11.6 Å². The van der Waals surface area contributed by atoms with Crippen molar-refractivity contribution >= 4 is 34.7 Å². The number of rotatable bonds is 10. The van der Waals surface area contributed by atoms with Crippen molar-refractivity contribution in [2.24, 2.45) is 0 Å². The predicted octanol–water partition coefficient (Wildman–Crippen LogP) is 4.25. The Labute approximate surface area is 184 Å². The minimum absolute atomic E-state index is 0.0501. The second kappa shape index (κ2) is 10.7. The van der Waals surface area contributed by atoms with Crippen molar-refractivity contribution in [3.8, 4) is 5.75 Å². The van der Waals surface area contributed by atoms with Crippen LogP contribution >= 0.6 is 0 Å². The summed E-state index contributed by atoms with van der Waals surface area (Å²) in [6, 6.07) is 4.84. The van der Waals surface area contributed by atoms with Gasteiger partial charge in [-0.3, -0.25) is 4.79 Å². The molecule has 0 aliphatic rings. The highest BCUT2D eigenvalue weighted by Crippen LogP contribution is 2.23. The Balaban J connectivity index is 1.86. The molecule has 2 aromatic carbocycles. The first kappa shape index (κ1) is 16.8. The van der Waals surface area contributed by atoms with Crippen LogP contribution in [0.2, 0.25) is 0 Å². The quantitative estimate of drug-likeness (QED) is 0.329. The zero-order valence-corrected chi connectivity index (χ0v) is 16.6. The Morgan fingerprint density at radius 3 is 2.71 bits per heavy atom. The zero-order chi connectivity index (χ0) is 25.5. The SMILES string of the molecule is [2H]c1c([2H])c(OCCOC)c([2H])c([2H])c1Nc1ncc(F)c(Nc2cccc(NC(=O)C=C)c2)n1. The molecule has 31 heavy (non-hydrogen) atoms. The standard InChI is InChI=1S/C22H22FN5O3/c1-3-20(29)25-16-5-4-6-17(13-16)26-21-19(23)14-24-22(28-21)27-15-7-9-18(10-8-15)31-12-11-30-2/h3-10,13-14H,1,11-12H2,2H3,(H,25,29)(H2,24,26,27,28)/i7D,8D,9D,10D. The molecular weight excluding hydrogens is 401 g/mol. The van der Waals surface area contributed by atoms with Gasteiger partial charge < -0.3 is 25.4 Å². The van der Waals surface area contributed by atoms with Crippen LogP contribution in [0.15, 0.2) is 67.3 Å². The van der Waals surface area contributed by atoms with Crippen molar-refractivity contribution < 1.29 is 24.1 Å². The minimum atomic E-state index is -0.780. The fraction of sp³-hybridized carbons (Fsp3) is 0.136. The molecule has 3 N–H and O–H groups in total. The normalized spacial score (nSPS) is 12.1. The van der Waals surface area contributed by atoms with Gasteiger partial charge in [-0.15, -0.1) is 0 Å². The van der Waals surface area contributed by atoms with Crippen LogP contribution in [0.4, 0.5) is 33.2 Å². The Morgan fingerprint density at radius 1 is 1.19 bits per heavy atom. The van der Waals surface area contributed by atoms with Crippen LogP contribution in [0.5, 0.6) is 5.75 Å². The first-order valence-electron chi connectivity index (χ1n) is 11.1. The molecule has 1 aromatic heterocycles. The predicted molar refractivity (Wildman–Crippen MR) is 118 cm³/mol. The van der Waals surface area contributed by atoms with Crippen molar-refractivity contribution in [3.63, 3.8) is 0 Å². The molecule has 0 atom stereocenters. The van der Waals surface area contributed by atoms with Gasteiger partial charge >= 0.3 is 0 Å². The van der Waals surface area contributed by atoms with Crippen LogP contribution in [0.3, 0.4) is 0 Å². The first-order valence-corrected chi connectivity index (χ1v) is 9.07. The van der Waals surface area contributed by atoms with Gasteiger partial charge in [0, 0.05) is 24.2 Å². The van der Waals surface area contributed by atoms with E-state index in [0.717, 1.165) is 12.3 Å². The van der Waals surface area contributed by atoms with E-state index in [4.69, 9.17) is 15.0 Å². The third-order valence-corrected chi connectivity index (χ3v) is 3.70. The van der Waals surface area contributed by atoms with E-state index >= 15 is 0 Å². The third kappa shape index (κ3) is 6.51. The molecule has 3 rings (SSSR count). The number of halogens is 1. The minimum Gasteiger partial charge on any atom is -0.491 e. The number of benzene rings is 2. The Kier molecular flexibility index (Phi) is 5.79. The van der Waals surface area contributed by atoms with Crippen LogP contribution in [-0.2, 0) is 9.53 Å². The van der Waals surface area contributed by atoms with Crippen LogP contribution in [0, 0.1) is 5.82 Å². The maximum absolute atomic E-state index is 14.4. The molecule has 1 heterocycles. The number of carbonyl (C=O) groups is 1. The maximum atomic E-state index is 14.4. The van der Waals surface area contributed by atoms with E-state index in [1.165, 1.54) is 7.11 Å². The molecule has 3 aromatic rings. The number of aromatic nitrogens is 2. The van der Waals surface area contributed by atoms with Gasteiger partial charge in [-0.1, -0.05) is 12.6 Å². The second-order valence-corrected chi connectivity index (χ2v) is 5.96. The first-order chi connectivity index (χ1) is 16.7. The second-order valence-electron chi connectivity index (χ2n) is 5.96. The van der Waals surface area contributed by atoms with E-state index in [-0.39, 0.29) is 36.4 Å². The molecule has 0 fully saturated rings. The number of amides is 1. The number of nitrogens with zero attached hydrogens (tertiary/aromatic N) is 2. The van der Waals surface area contributed by atoms with Crippen molar-refractivity contribution in [3.05, 3.63) is 73.1 Å². The average Bonchev–Trinajstić information content (AvgIpc) is 2.85. The summed E-state index contributed by atoms with van der Waals surface area (Å²) in [4.78, 5) is 19.4. The molecule has 160 valence electrons. The topological polar surface area (TPSA) is 97.4 Å². The summed E-state index contributed by atoms with van der Waals surface area (Å²) in [5, 5.41) is 7.99. The molecular formula is C22H22FN5O3. The number of ether oxygens (including phenoxy) is 2. The van der Waals surface area contributed by atoms with Crippen LogP contribution in [-0.4, -0.2) is 36.2 Å². The molecule has 0 aliphatic heterocycles. The van der Waals surface area contributed by atoms with Gasteiger partial charge in [0.1, 0.15) is 12.4 Å². The largest absolute Gasteiger partial charge is 0.491 e. The lowest BCUT2D eigenvalue weighted by molar-refractivity contribution is -0.111. The molecule has 0 saturated heterocycles. The van der Waals surface area contributed by atoms with E-state index in [9.17, 15) is 9.18 Å². The fourth-order valence-electron chi connectivity index (χ4n) is 2.29. The highest BCUT2D eigenvalue weighted by Gasteiger charge is 2.09. The summed E-state index contributed by atoms with van der Waals surface area (Å²) < 4.78 is 57.3. The van der Waals surface area contributed by atoms with Gasteiger partial charge in [-0.2, -0.15) is 4.98 Å². The van der Waals surface area contributed by atoms with E-state index in [1.54, 1.807) is 24.3 Å². The van der Waals surface area contributed by atoms with Gasteiger partial charge in [0.25, 0.3) is 0 Å². The van der Waals surface area contributed by atoms with Crippen molar-refractivity contribution in [1.82, 2.24) is 9.97 Å². The van der Waals surface area contributed by atoms with Crippen molar-refractivity contribution in [1.29, 1.82) is 0 Å². The van der Waals surface area contributed by atoms with Gasteiger partial charge in [-0.25, -0.2) is 9.37 Å². The third-order valence-electron chi connectivity index (χ3n) is 3.70. The number of carbonyl (C=O) groups excluding carboxylic acids is 1. The fourth-order valence-corrected chi connectivity index (χ4v) is 2.29. The smallest absolute Gasteiger partial charge is 0.247 e. The molecule has 9 heteroatoms. The van der Waals surface area contributed by atoms with E-state index in [2.05, 4.69) is 32.5 Å². The number of hydrogen-bond acceptors (Lipinski definition) is 7. The summed E-state index contributed by atoms with van der Waals surface area (Å²) >= 11 is 0. The Morgan fingerprint density at radius 2 is 1.97 bits per heavy atom. The summed E-state index contributed by atoms with van der Waals surface area (Å²) in [6.45, 7) is 3.64. The molecule has 0 saturated carbocycles. The summed E-state index contributed by atoms with van der Waals surface area (Å²) in [5.41, 5.74) is 0.659. The van der Waals surface area contributed by atoms with Crippen LogP contribution in [0.1, 0.15) is 5.48 Å². The lowest BCUT2D eigenvalue weighted by Crippen LogP contribution is -2.07. The molecule has 8 nitrogen and oxygen atoms in total. The number of methoxy groups -OCH3 is 1.